The van der Waals surface area contributed by atoms with Gasteiger partial charge >= 0.3 is 12.0 Å². The quantitative estimate of drug-likeness (QED) is 0.529. The maximum absolute atomic E-state index is 12.1. The first-order valence-electron chi connectivity index (χ1n) is 6.66. The molecule has 4 N–H and O–H groups in total. The number of carbonyl (C=O) groups excluding carboxylic acids is 3. The van der Waals surface area contributed by atoms with Gasteiger partial charge < -0.3 is 15.8 Å². The molecule has 1 atom stereocenters. The number of halogens is 3. The van der Waals surface area contributed by atoms with E-state index in [1.807, 2.05) is 5.32 Å². The van der Waals surface area contributed by atoms with E-state index < -0.39 is 29.7 Å². The standard InChI is InChI=1S/C13H15Cl3N4O4/c1-4(2)18-13(23)20-11(21)5(3)24-12(22)9-6(14)8(17)7(15)10(16)19-9/h4-5H,1-3H3,(H2,17,19)(H2,18,20,21,23). The molecule has 1 aromatic heterocycles. The summed E-state index contributed by atoms with van der Waals surface area (Å²) in [5.74, 6) is -1.87. The molecule has 1 unspecified atom stereocenters. The molecule has 0 fully saturated rings. The van der Waals surface area contributed by atoms with Crippen molar-refractivity contribution < 1.29 is 19.1 Å². The molecular weight excluding hydrogens is 383 g/mol. The van der Waals surface area contributed by atoms with Gasteiger partial charge in [-0.3, -0.25) is 10.1 Å². The van der Waals surface area contributed by atoms with Crippen molar-refractivity contribution in [2.45, 2.75) is 32.9 Å². The highest BCUT2D eigenvalue weighted by Crippen LogP contribution is 2.34. The van der Waals surface area contributed by atoms with Gasteiger partial charge in [-0.25, -0.2) is 14.6 Å². The minimum atomic E-state index is -1.29. The second-order valence-electron chi connectivity index (χ2n) is 4.96. The number of nitrogens with two attached hydrogens (primary N) is 1. The first-order chi connectivity index (χ1) is 11.0. The third-order valence-electron chi connectivity index (χ3n) is 2.57. The zero-order chi connectivity index (χ0) is 18.6. The summed E-state index contributed by atoms with van der Waals surface area (Å²) in [7, 11) is 0. The zero-order valence-corrected chi connectivity index (χ0v) is 15.2. The Labute approximate surface area is 153 Å². The van der Waals surface area contributed by atoms with Gasteiger partial charge in [-0.15, -0.1) is 0 Å². The summed E-state index contributed by atoms with van der Waals surface area (Å²) in [6.07, 6.45) is -1.29. The Morgan fingerprint density at radius 2 is 1.71 bits per heavy atom. The molecule has 0 aliphatic heterocycles. The Morgan fingerprint density at radius 1 is 1.12 bits per heavy atom. The van der Waals surface area contributed by atoms with Crippen molar-refractivity contribution in [2.75, 3.05) is 5.73 Å². The molecule has 0 radical (unpaired) electrons. The minimum Gasteiger partial charge on any atom is -0.448 e. The van der Waals surface area contributed by atoms with E-state index in [2.05, 4.69) is 10.3 Å². The van der Waals surface area contributed by atoms with E-state index in [9.17, 15) is 14.4 Å². The lowest BCUT2D eigenvalue weighted by Gasteiger charge is -2.15. The van der Waals surface area contributed by atoms with Crippen LogP contribution in [0.5, 0.6) is 0 Å². The number of aromatic nitrogens is 1. The van der Waals surface area contributed by atoms with Crippen LogP contribution >= 0.6 is 34.8 Å². The monoisotopic (exact) mass is 396 g/mol. The number of nitrogen functional groups attached to an aromatic ring is 1. The van der Waals surface area contributed by atoms with Crippen LogP contribution in [0.3, 0.4) is 0 Å². The highest BCUT2D eigenvalue weighted by Gasteiger charge is 2.25. The predicted octanol–water partition coefficient (Wildman–Crippen LogP) is 2.40. The number of carbonyl (C=O) groups is 3. The molecule has 0 aliphatic rings. The van der Waals surface area contributed by atoms with E-state index in [1.165, 1.54) is 6.92 Å². The van der Waals surface area contributed by atoms with E-state index >= 15 is 0 Å². The summed E-state index contributed by atoms with van der Waals surface area (Å²) in [5.41, 5.74) is 5.06. The lowest BCUT2D eigenvalue weighted by atomic mass is 10.3. The third kappa shape index (κ3) is 5.12. The maximum atomic E-state index is 12.1. The van der Waals surface area contributed by atoms with Crippen LogP contribution in [-0.4, -0.2) is 35.0 Å². The molecule has 11 heteroatoms. The minimum absolute atomic E-state index is 0.102. The molecule has 8 nitrogen and oxygen atoms in total. The lowest BCUT2D eigenvalue weighted by Crippen LogP contribution is -2.46. The summed E-state index contributed by atoms with van der Waals surface area (Å²) in [4.78, 5) is 39.0. The van der Waals surface area contributed by atoms with Gasteiger partial charge in [0.05, 0.1) is 10.7 Å². The third-order valence-corrected chi connectivity index (χ3v) is 3.71. The van der Waals surface area contributed by atoms with Crippen molar-refractivity contribution >= 4 is 58.4 Å². The van der Waals surface area contributed by atoms with Crippen LogP contribution in [0.15, 0.2) is 0 Å². The van der Waals surface area contributed by atoms with Crippen LogP contribution in [0.25, 0.3) is 0 Å². The van der Waals surface area contributed by atoms with Gasteiger partial charge in [0.1, 0.15) is 5.02 Å². The van der Waals surface area contributed by atoms with E-state index in [0.29, 0.717) is 0 Å². The van der Waals surface area contributed by atoms with Crippen molar-refractivity contribution in [3.63, 3.8) is 0 Å². The van der Waals surface area contributed by atoms with Crippen LogP contribution < -0.4 is 16.4 Å². The Hall–Kier alpha value is -1.77. The summed E-state index contributed by atoms with van der Waals surface area (Å²) in [5, 5.41) is 3.88. The first kappa shape index (κ1) is 20.3. The molecule has 0 bridgehead atoms. The van der Waals surface area contributed by atoms with E-state index in [0.717, 1.165) is 0 Å². The van der Waals surface area contributed by atoms with Gasteiger partial charge in [0.15, 0.2) is 17.0 Å². The number of nitrogens with zero attached hydrogens (tertiary/aromatic N) is 1. The largest absolute Gasteiger partial charge is 0.448 e. The number of hydrogen-bond acceptors (Lipinski definition) is 6. The Bertz CT molecular complexity index is 682. The fourth-order valence-electron chi connectivity index (χ4n) is 1.45. The maximum Gasteiger partial charge on any atom is 0.359 e. The number of amides is 3. The van der Waals surface area contributed by atoms with Gasteiger partial charge in [-0.05, 0) is 20.8 Å². The number of hydrogen-bond donors (Lipinski definition) is 3. The number of pyridine rings is 1. The Kier molecular flexibility index (Phi) is 7.07. The van der Waals surface area contributed by atoms with Crippen molar-refractivity contribution in [1.82, 2.24) is 15.6 Å². The smallest absolute Gasteiger partial charge is 0.359 e. The van der Waals surface area contributed by atoms with Crippen LogP contribution in [0, 0.1) is 0 Å². The van der Waals surface area contributed by atoms with Crippen molar-refractivity contribution in [1.29, 1.82) is 0 Å². The van der Waals surface area contributed by atoms with Crippen molar-refractivity contribution in [3.05, 3.63) is 20.9 Å². The van der Waals surface area contributed by atoms with Crippen LogP contribution in [0.4, 0.5) is 10.5 Å². The normalized spacial score (nSPS) is 11.8. The topological polar surface area (TPSA) is 123 Å². The first-order valence-corrected chi connectivity index (χ1v) is 7.80. The Morgan fingerprint density at radius 3 is 2.25 bits per heavy atom. The van der Waals surface area contributed by atoms with Crippen LogP contribution in [0.2, 0.25) is 15.2 Å². The van der Waals surface area contributed by atoms with Crippen molar-refractivity contribution in [2.24, 2.45) is 0 Å². The number of anilines is 1. The highest BCUT2D eigenvalue weighted by molar-refractivity contribution is 6.46. The Balaban J connectivity index is 2.81. The SMILES string of the molecule is CC(C)NC(=O)NC(=O)C(C)OC(=O)c1nc(Cl)c(Cl)c(N)c1Cl. The van der Waals surface area contributed by atoms with Gasteiger partial charge in [-0.1, -0.05) is 34.8 Å². The van der Waals surface area contributed by atoms with Crippen molar-refractivity contribution in [3.8, 4) is 0 Å². The summed E-state index contributed by atoms with van der Waals surface area (Å²) < 4.78 is 4.90. The second-order valence-corrected chi connectivity index (χ2v) is 6.07. The number of esters is 1. The molecule has 0 aliphatic carbocycles. The lowest BCUT2D eigenvalue weighted by molar-refractivity contribution is -0.127. The molecule has 0 aromatic carbocycles. The molecule has 1 heterocycles. The molecule has 132 valence electrons. The summed E-state index contributed by atoms with van der Waals surface area (Å²) in [6, 6.07) is -0.884. The number of nitrogens with one attached hydrogen (secondary N) is 2. The molecule has 24 heavy (non-hydrogen) atoms. The molecule has 0 saturated carbocycles. The molecular formula is C13H15Cl3N4O4. The number of urea groups is 1. The van der Waals surface area contributed by atoms with Gasteiger partial charge in [0, 0.05) is 6.04 Å². The number of rotatable bonds is 4. The van der Waals surface area contributed by atoms with Gasteiger partial charge in [-0.2, -0.15) is 0 Å². The molecule has 0 spiro atoms. The molecule has 1 aromatic rings. The average molecular weight is 398 g/mol. The fraction of sp³-hybridized carbons (Fsp3) is 0.385. The summed E-state index contributed by atoms with van der Waals surface area (Å²) in [6.45, 7) is 4.70. The fourth-order valence-corrected chi connectivity index (χ4v) is 2.03. The predicted molar refractivity (Wildman–Crippen MR) is 90.4 cm³/mol. The second kappa shape index (κ2) is 8.36. The van der Waals surface area contributed by atoms with E-state index in [1.54, 1.807) is 13.8 Å². The van der Waals surface area contributed by atoms with Crippen LogP contribution in [-0.2, 0) is 9.53 Å². The average Bonchev–Trinajstić information content (AvgIpc) is 2.47. The van der Waals surface area contributed by atoms with E-state index in [-0.39, 0.29) is 26.9 Å². The number of imide groups is 1. The zero-order valence-electron chi connectivity index (χ0n) is 12.9. The van der Waals surface area contributed by atoms with E-state index in [4.69, 9.17) is 45.3 Å². The molecule has 0 saturated heterocycles. The highest BCUT2D eigenvalue weighted by atomic mass is 35.5. The summed E-state index contributed by atoms with van der Waals surface area (Å²) >= 11 is 17.4. The molecule has 1 rings (SSSR count). The number of ether oxygens (including phenoxy) is 1. The molecule has 3 amide bonds. The van der Waals surface area contributed by atoms with Crippen LogP contribution in [0.1, 0.15) is 31.3 Å². The van der Waals surface area contributed by atoms with Gasteiger partial charge in [0.2, 0.25) is 0 Å². The van der Waals surface area contributed by atoms with Gasteiger partial charge in [0.25, 0.3) is 5.91 Å².